The van der Waals surface area contributed by atoms with Crippen LogP contribution in [0.1, 0.15) is 50.2 Å². The van der Waals surface area contributed by atoms with Gasteiger partial charge in [0.05, 0.1) is 0 Å². The first-order valence-corrected chi connectivity index (χ1v) is 9.37. The molecule has 1 saturated heterocycles. The predicted octanol–water partition coefficient (Wildman–Crippen LogP) is 4.24. The minimum atomic E-state index is 0.725. The summed E-state index contributed by atoms with van der Waals surface area (Å²) in [6, 6.07) is 7.17. The molecule has 1 heterocycles. The number of hydrogen-bond acceptors (Lipinski definition) is 2. The zero-order valence-corrected chi connectivity index (χ0v) is 15.6. The lowest BCUT2D eigenvalue weighted by Gasteiger charge is -2.35. The van der Waals surface area contributed by atoms with Crippen LogP contribution in [0.4, 0.5) is 5.69 Å². The summed E-state index contributed by atoms with van der Waals surface area (Å²) in [5.41, 5.74) is 3.60. The van der Waals surface area contributed by atoms with Gasteiger partial charge >= 0.3 is 0 Å². The van der Waals surface area contributed by atoms with Crippen LogP contribution >= 0.6 is 12.2 Å². The van der Waals surface area contributed by atoms with Gasteiger partial charge in [-0.05, 0) is 69.9 Å². The zero-order valence-electron chi connectivity index (χ0n) is 14.8. The molecule has 0 amide bonds. The van der Waals surface area contributed by atoms with Gasteiger partial charge < -0.3 is 15.5 Å². The first kappa shape index (κ1) is 18.2. The van der Waals surface area contributed by atoms with Gasteiger partial charge in [-0.1, -0.05) is 31.0 Å². The van der Waals surface area contributed by atoms with E-state index in [4.69, 9.17) is 12.2 Å². The van der Waals surface area contributed by atoms with Gasteiger partial charge in [-0.2, -0.15) is 0 Å². The molecule has 0 aliphatic carbocycles. The number of benzene rings is 1. The molecule has 1 aliphatic heterocycles. The summed E-state index contributed by atoms with van der Waals surface area (Å²) in [4.78, 5) is 2.66. The molecule has 2 N–H and O–H groups in total. The highest BCUT2D eigenvalue weighted by Gasteiger charge is 2.19. The Morgan fingerprint density at radius 3 is 2.87 bits per heavy atom. The molecule has 2 rings (SSSR count). The van der Waals surface area contributed by atoms with E-state index in [1.165, 1.54) is 49.9 Å². The van der Waals surface area contributed by atoms with E-state index >= 15 is 0 Å². The number of piperidine rings is 1. The molecule has 1 aromatic carbocycles. The van der Waals surface area contributed by atoms with Gasteiger partial charge in [-0.3, -0.25) is 0 Å². The Bertz CT molecular complexity index is 515. The highest BCUT2D eigenvalue weighted by molar-refractivity contribution is 7.80. The first-order valence-electron chi connectivity index (χ1n) is 8.96. The van der Waals surface area contributed by atoms with Crippen LogP contribution in [-0.4, -0.2) is 35.7 Å². The third-order valence-electron chi connectivity index (χ3n) is 4.76. The molecular weight excluding hydrogens is 302 g/mol. The SMILES string of the molecule is CCC1CCCCN1CCCNC(=S)Nc1ccc(C)cc1C. The van der Waals surface area contributed by atoms with Crippen LogP contribution in [0.25, 0.3) is 0 Å². The molecule has 0 radical (unpaired) electrons. The lowest BCUT2D eigenvalue weighted by atomic mass is 10.00. The maximum atomic E-state index is 5.41. The molecule has 0 spiro atoms. The number of rotatable bonds is 6. The van der Waals surface area contributed by atoms with Crippen molar-refractivity contribution in [2.45, 2.75) is 58.9 Å². The van der Waals surface area contributed by atoms with Crippen LogP contribution in [0, 0.1) is 13.8 Å². The van der Waals surface area contributed by atoms with Crippen molar-refractivity contribution in [3.05, 3.63) is 29.3 Å². The van der Waals surface area contributed by atoms with E-state index in [1.54, 1.807) is 0 Å². The Kier molecular flexibility index (Phi) is 7.31. The third-order valence-corrected chi connectivity index (χ3v) is 5.00. The van der Waals surface area contributed by atoms with Gasteiger partial charge in [0.2, 0.25) is 0 Å². The van der Waals surface area contributed by atoms with Crippen molar-refractivity contribution in [1.29, 1.82) is 0 Å². The first-order chi connectivity index (χ1) is 11.1. The third kappa shape index (κ3) is 5.78. The fraction of sp³-hybridized carbons (Fsp3) is 0.632. The minimum Gasteiger partial charge on any atom is -0.362 e. The topological polar surface area (TPSA) is 27.3 Å². The van der Waals surface area contributed by atoms with Gasteiger partial charge in [0.15, 0.2) is 5.11 Å². The van der Waals surface area contributed by atoms with Crippen molar-refractivity contribution < 1.29 is 0 Å². The highest BCUT2D eigenvalue weighted by atomic mass is 32.1. The molecule has 1 atom stereocenters. The largest absolute Gasteiger partial charge is 0.362 e. The Hall–Kier alpha value is -1.13. The van der Waals surface area contributed by atoms with Crippen molar-refractivity contribution in [1.82, 2.24) is 10.2 Å². The molecule has 1 unspecified atom stereocenters. The summed E-state index contributed by atoms with van der Waals surface area (Å²) in [5.74, 6) is 0. The second-order valence-corrected chi connectivity index (χ2v) is 7.05. The Morgan fingerprint density at radius 2 is 2.13 bits per heavy atom. The Morgan fingerprint density at radius 1 is 1.30 bits per heavy atom. The lowest BCUT2D eigenvalue weighted by Crippen LogP contribution is -2.41. The van der Waals surface area contributed by atoms with E-state index in [9.17, 15) is 0 Å². The number of nitrogens with one attached hydrogen (secondary N) is 2. The molecule has 0 aromatic heterocycles. The van der Waals surface area contributed by atoms with Crippen molar-refractivity contribution in [3.63, 3.8) is 0 Å². The molecule has 4 heteroatoms. The summed E-state index contributed by atoms with van der Waals surface area (Å²) in [6.07, 6.45) is 6.55. The zero-order chi connectivity index (χ0) is 16.7. The van der Waals surface area contributed by atoms with Crippen molar-refractivity contribution >= 4 is 23.0 Å². The van der Waals surface area contributed by atoms with E-state index < -0.39 is 0 Å². The molecule has 128 valence electrons. The molecular formula is C19H31N3S. The monoisotopic (exact) mass is 333 g/mol. The average molecular weight is 334 g/mol. The summed E-state index contributed by atoms with van der Waals surface area (Å²) in [6.45, 7) is 9.91. The summed E-state index contributed by atoms with van der Waals surface area (Å²) < 4.78 is 0. The Labute approximate surface area is 146 Å². The van der Waals surface area contributed by atoms with E-state index in [1.807, 2.05) is 0 Å². The van der Waals surface area contributed by atoms with Crippen molar-refractivity contribution in [2.24, 2.45) is 0 Å². The number of likely N-dealkylation sites (tertiary alicyclic amines) is 1. The fourth-order valence-corrected chi connectivity index (χ4v) is 3.63. The van der Waals surface area contributed by atoms with Gasteiger partial charge in [0.25, 0.3) is 0 Å². The van der Waals surface area contributed by atoms with Crippen LogP contribution in [0.5, 0.6) is 0 Å². The van der Waals surface area contributed by atoms with Gasteiger partial charge in [-0.15, -0.1) is 0 Å². The summed E-state index contributed by atoms with van der Waals surface area (Å²) in [5, 5.41) is 7.37. The van der Waals surface area contributed by atoms with Crippen molar-refractivity contribution in [2.75, 3.05) is 25.0 Å². The smallest absolute Gasteiger partial charge is 0.170 e. The van der Waals surface area contributed by atoms with E-state index in [2.05, 4.69) is 54.5 Å². The molecule has 1 aliphatic rings. The maximum Gasteiger partial charge on any atom is 0.170 e. The molecule has 0 saturated carbocycles. The normalized spacial score (nSPS) is 18.7. The molecule has 0 bridgehead atoms. The minimum absolute atomic E-state index is 0.725. The number of anilines is 1. The quantitative estimate of drug-likeness (QED) is 0.601. The number of aryl methyl sites for hydroxylation is 2. The van der Waals surface area contributed by atoms with E-state index in [0.29, 0.717) is 0 Å². The number of nitrogens with zero attached hydrogens (tertiary/aromatic N) is 1. The molecule has 23 heavy (non-hydrogen) atoms. The maximum absolute atomic E-state index is 5.41. The highest BCUT2D eigenvalue weighted by Crippen LogP contribution is 2.19. The second kappa shape index (κ2) is 9.24. The number of thiocarbonyl (C=S) groups is 1. The van der Waals surface area contributed by atoms with E-state index in [-0.39, 0.29) is 0 Å². The van der Waals surface area contributed by atoms with E-state index in [0.717, 1.165) is 29.8 Å². The lowest BCUT2D eigenvalue weighted by molar-refractivity contribution is 0.143. The summed E-state index contributed by atoms with van der Waals surface area (Å²) >= 11 is 5.41. The van der Waals surface area contributed by atoms with Gasteiger partial charge in [0, 0.05) is 24.8 Å². The van der Waals surface area contributed by atoms with Crippen LogP contribution in [0.3, 0.4) is 0 Å². The molecule has 1 fully saturated rings. The Balaban J connectivity index is 1.68. The predicted molar refractivity (Wildman–Crippen MR) is 104 cm³/mol. The van der Waals surface area contributed by atoms with Crippen LogP contribution in [0.2, 0.25) is 0 Å². The summed E-state index contributed by atoms with van der Waals surface area (Å²) in [7, 11) is 0. The number of hydrogen-bond donors (Lipinski definition) is 2. The van der Waals surface area contributed by atoms with Gasteiger partial charge in [-0.25, -0.2) is 0 Å². The van der Waals surface area contributed by atoms with Crippen LogP contribution < -0.4 is 10.6 Å². The fourth-order valence-electron chi connectivity index (χ4n) is 3.42. The molecule has 1 aromatic rings. The second-order valence-electron chi connectivity index (χ2n) is 6.65. The standard InChI is InChI=1S/C19H31N3S/c1-4-17-8-5-6-12-22(17)13-7-11-20-19(23)21-18-10-9-15(2)14-16(18)3/h9-10,14,17H,4-8,11-13H2,1-3H3,(H2,20,21,23). The van der Waals surface area contributed by atoms with Crippen molar-refractivity contribution in [3.8, 4) is 0 Å². The van der Waals surface area contributed by atoms with Crippen LogP contribution in [-0.2, 0) is 0 Å². The average Bonchev–Trinajstić information content (AvgIpc) is 2.54. The molecule has 3 nitrogen and oxygen atoms in total. The van der Waals surface area contributed by atoms with Crippen LogP contribution in [0.15, 0.2) is 18.2 Å². The van der Waals surface area contributed by atoms with Gasteiger partial charge in [0.1, 0.15) is 0 Å².